The molecule has 4 amide bonds. The molecule has 11 nitrogen and oxygen atoms in total. The molecule has 4 rings (SSSR count). The van der Waals surface area contributed by atoms with Gasteiger partial charge in [0, 0.05) is 44.5 Å². The molecule has 0 fully saturated rings. The summed E-state index contributed by atoms with van der Waals surface area (Å²) >= 11 is 0. The summed E-state index contributed by atoms with van der Waals surface area (Å²) in [6, 6.07) is 15.0. The lowest BCUT2D eigenvalue weighted by Crippen LogP contribution is -2.48. The Morgan fingerprint density at radius 3 is 2.65 bits per heavy atom. The maximum atomic E-state index is 13.3. The molecule has 3 N–H and O–H groups in total. The normalized spacial score (nSPS) is 16.9. The average molecular weight is 545 g/mol. The van der Waals surface area contributed by atoms with Crippen molar-refractivity contribution >= 4 is 23.6 Å². The van der Waals surface area contributed by atoms with Crippen molar-refractivity contribution in [2.24, 2.45) is 0 Å². The number of nitrogens with zero attached hydrogens (tertiary/aromatic N) is 3. The van der Waals surface area contributed by atoms with Crippen LogP contribution in [0.2, 0.25) is 0 Å². The van der Waals surface area contributed by atoms with Crippen LogP contribution in [0.25, 0.3) is 0 Å². The molecule has 11 heteroatoms. The highest BCUT2D eigenvalue weighted by atomic mass is 16.5. The number of fused-ring (bicyclic) bond motifs is 1. The van der Waals surface area contributed by atoms with Crippen LogP contribution in [0.5, 0.6) is 5.75 Å². The third-order valence-electron chi connectivity index (χ3n) is 6.28. The molecule has 0 saturated heterocycles. The van der Waals surface area contributed by atoms with Gasteiger partial charge in [0.05, 0.1) is 24.3 Å². The molecule has 0 unspecified atom stereocenters. The summed E-state index contributed by atoms with van der Waals surface area (Å²) in [6.07, 6.45) is 5.20. The fourth-order valence-corrected chi connectivity index (χ4v) is 4.22. The molecule has 40 heavy (non-hydrogen) atoms. The molecule has 2 aromatic carbocycles. The van der Waals surface area contributed by atoms with Gasteiger partial charge in [-0.05, 0) is 24.1 Å². The molecule has 208 valence electrons. The molecular weight excluding hydrogens is 512 g/mol. The predicted molar refractivity (Wildman–Crippen MR) is 146 cm³/mol. The van der Waals surface area contributed by atoms with Crippen molar-refractivity contribution < 1.29 is 23.9 Å². The SMILES string of the molecule is O=C1CN(Cc2ccccc2)C(=O)CC[C@@H](C(=O)NCCc2cnccn2)NC(=O)c2ccccc2OCCN1. The summed E-state index contributed by atoms with van der Waals surface area (Å²) < 4.78 is 5.77. The number of carbonyl (C=O) groups is 4. The largest absolute Gasteiger partial charge is 0.491 e. The van der Waals surface area contributed by atoms with E-state index in [1.54, 1.807) is 42.9 Å². The van der Waals surface area contributed by atoms with Gasteiger partial charge in [0.2, 0.25) is 17.7 Å². The summed E-state index contributed by atoms with van der Waals surface area (Å²) in [5, 5.41) is 8.36. The van der Waals surface area contributed by atoms with Crippen LogP contribution in [0.1, 0.15) is 34.5 Å². The lowest BCUT2D eigenvalue weighted by atomic mass is 10.1. The molecule has 0 aliphatic carbocycles. The Labute approximate surface area is 232 Å². The Morgan fingerprint density at radius 1 is 1.05 bits per heavy atom. The van der Waals surface area contributed by atoms with Crippen molar-refractivity contribution in [1.29, 1.82) is 0 Å². The number of para-hydroxylation sites is 1. The highest BCUT2D eigenvalue weighted by Gasteiger charge is 2.26. The van der Waals surface area contributed by atoms with Crippen LogP contribution in [0, 0.1) is 0 Å². The first-order chi connectivity index (χ1) is 19.5. The number of ether oxygens (including phenoxy) is 1. The summed E-state index contributed by atoms with van der Waals surface area (Å²) in [4.78, 5) is 62.1. The summed E-state index contributed by atoms with van der Waals surface area (Å²) in [6.45, 7) is 0.674. The third kappa shape index (κ3) is 8.35. The van der Waals surface area contributed by atoms with Crippen molar-refractivity contribution in [3.63, 3.8) is 0 Å². The van der Waals surface area contributed by atoms with Gasteiger partial charge in [-0.1, -0.05) is 42.5 Å². The highest BCUT2D eigenvalue weighted by Crippen LogP contribution is 2.18. The summed E-state index contributed by atoms with van der Waals surface area (Å²) in [5.74, 6) is -1.24. The van der Waals surface area contributed by atoms with Crippen molar-refractivity contribution in [3.8, 4) is 5.75 Å². The Bertz CT molecular complexity index is 1300. The second-order valence-corrected chi connectivity index (χ2v) is 9.23. The van der Waals surface area contributed by atoms with Crippen LogP contribution in [-0.2, 0) is 27.3 Å². The minimum absolute atomic E-state index is 0.0392. The van der Waals surface area contributed by atoms with Gasteiger partial charge in [-0.25, -0.2) is 0 Å². The second kappa shape index (κ2) is 14.4. The second-order valence-electron chi connectivity index (χ2n) is 9.23. The first-order valence-corrected chi connectivity index (χ1v) is 13.1. The van der Waals surface area contributed by atoms with E-state index in [2.05, 4.69) is 25.9 Å². The van der Waals surface area contributed by atoms with Gasteiger partial charge in [-0.15, -0.1) is 0 Å². The van der Waals surface area contributed by atoms with E-state index < -0.39 is 17.9 Å². The Balaban J connectivity index is 1.52. The van der Waals surface area contributed by atoms with E-state index in [1.165, 1.54) is 4.90 Å². The molecular formula is C29H32N6O5. The van der Waals surface area contributed by atoms with Gasteiger partial charge in [0.25, 0.3) is 5.91 Å². The van der Waals surface area contributed by atoms with Crippen LogP contribution in [-0.4, -0.2) is 70.8 Å². The third-order valence-corrected chi connectivity index (χ3v) is 6.28. The van der Waals surface area contributed by atoms with Gasteiger partial charge >= 0.3 is 0 Å². The van der Waals surface area contributed by atoms with Crippen molar-refractivity contribution in [3.05, 3.63) is 90.0 Å². The Hall–Kier alpha value is -4.80. The van der Waals surface area contributed by atoms with Gasteiger partial charge in [0.15, 0.2) is 0 Å². The van der Waals surface area contributed by atoms with Crippen LogP contribution in [0.15, 0.2) is 73.2 Å². The number of aromatic nitrogens is 2. The predicted octanol–water partition coefficient (Wildman–Crippen LogP) is 1.25. The number of benzene rings is 2. The molecule has 0 spiro atoms. The van der Waals surface area contributed by atoms with E-state index in [0.717, 1.165) is 5.56 Å². The van der Waals surface area contributed by atoms with Gasteiger partial charge in [-0.3, -0.25) is 29.1 Å². The van der Waals surface area contributed by atoms with Crippen LogP contribution in [0.3, 0.4) is 0 Å². The van der Waals surface area contributed by atoms with E-state index in [1.807, 2.05) is 30.3 Å². The van der Waals surface area contributed by atoms with Crippen LogP contribution >= 0.6 is 0 Å². The standard InChI is InChI=1S/C29H32N6O5/c36-26-20-35(19-21-6-2-1-3-7-21)27(37)11-10-24(29(39)33-13-12-22-18-30-14-15-31-22)34-28(38)23-8-4-5-9-25(23)40-17-16-32-26/h1-9,14-15,18,24H,10-13,16-17,19-20H2,(H,32,36)(H,33,39)(H,34,38)/t24-/m0/s1. The number of carbonyl (C=O) groups excluding carboxylic acids is 4. The van der Waals surface area contributed by atoms with Crippen LogP contribution < -0.4 is 20.7 Å². The molecule has 2 heterocycles. The number of nitrogens with one attached hydrogen (secondary N) is 3. The molecule has 0 bridgehead atoms. The maximum absolute atomic E-state index is 13.3. The first kappa shape index (κ1) is 28.2. The zero-order valence-corrected chi connectivity index (χ0v) is 22.0. The molecule has 0 saturated carbocycles. The van der Waals surface area contributed by atoms with E-state index in [4.69, 9.17) is 4.74 Å². The quantitative estimate of drug-likeness (QED) is 0.424. The maximum Gasteiger partial charge on any atom is 0.255 e. The molecule has 1 aliphatic heterocycles. The Kier molecular flexibility index (Phi) is 10.1. The van der Waals surface area contributed by atoms with E-state index >= 15 is 0 Å². The fourth-order valence-electron chi connectivity index (χ4n) is 4.22. The van der Waals surface area contributed by atoms with Gasteiger partial charge < -0.3 is 25.6 Å². The number of rotatable bonds is 6. The zero-order chi connectivity index (χ0) is 28.2. The zero-order valence-electron chi connectivity index (χ0n) is 22.0. The molecule has 3 aromatic rings. The molecule has 1 atom stereocenters. The lowest BCUT2D eigenvalue weighted by molar-refractivity contribution is -0.137. The number of amides is 4. The molecule has 1 aromatic heterocycles. The summed E-state index contributed by atoms with van der Waals surface area (Å²) in [5.41, 5.74) is 1.83. The lowest BCUT2D eigenvalue weighted by Gasteiger charge is -2.24. The van der Waals surface area contributed by atoms with Crippen molar-refractivity contribution in [1.82, 2.24) is 30.8 Å². The first-order valence-electron chi connectivity index (χ1n) is 13.1. The minimum atomic E-state index is -0.996. The minimum Gasteiger partial charge on any atom is -0.491 e. The van der Waals surface area contributed by atoms with E-state index in [-0.39, 0.29) is 63.0 Å². The monoisotopic (exact) mass is 544 g/mol. The average Bonchev–Trinajstić information content (AvgIpc) is 2.98. The smallest absolute Gasteiger partial charge is 0.255 e. The van der Waals surface area contributed by atoms with Crippen molar-refractivity contribution in [2.45, 2.75) is 31.8 Å². The van der Waals surface area contributed by atoms with Crippen LogP contribution in [0.4, 0.5) is 0 Å². The van der Waals surface area contributed by atoms with Gasteiger partial charge in [-0.2, -0.15) is 0 Å². The van der Waals surface area contributed by atoms with E-state index in [0.29, 0.717) is 17.9 Å². The van der Waals surface area contributed by atoms with E-state index in [9.17, 15) is 19.2 Å². The Morgan fingerprint density at radius 2 is 1.85 bits per heavy atom. The highest BCUT2D eigenvalue weighted by molar-refractivity contribution is 5.99. The van der Waals surface area contributed by atoms with Crippen molar-refractivity contribution in [2.75, 3.05) is 26.2 Å². The van der Waals surface area contributed by atoms with Gasteiger partial charge in [0.1, 0.15) is 18.4 Å². The fraction of sp³-hybridized carbons (Fsp3) is 0.310. The number of hydrogen-bond acceptors (Lipinski definition) is 7. The molecule has 0 radical (unpaired) electrons. The molecule has 1 aliphatic rings. The topological polar surface area (TPSA) is 143 Å². The number of hydrogen-bond donors (Lipinski definition) is 3. The summed E-state index contributed by atoms with van der Waals surface area (Å²) in [7, 11) is 0.